The Labute approximate surface area is 243 Å². The highest BCUT2D eigenvalue weighted by atomic mass is 16.6. The molecule has 0 spiro atoms. The van der Waals surface area contributed by atoms with Crippen molar-refractivity contribution in [1.29, 1.82) is 0 Å². The van der Waals surface area contributed by atoms with Crippen molar-refractivity contribution in [1.82, 2.24) is 20.4 Å². The highest BCUT2D eigenvalue weighted by molar-refractivity contribution is 5.70. The standard InChI is InChI=1S/C32H46N4O5/c1-30(2,3)39-28(37)33-23-14-12-21(13-15-23)18-26-34-27(35-41-26)32(16-17-32)20-36(29(38)40-31(4,5)6)25-19-24(25)22-10-8-7-9-11-22/h7-11,21,23-25H,12-20H2,1-6H3,(H,33,37)/t21-,23-,24?,25-/m0/s1. The van der Waals surface area contributed by atoms with Gasteiger partial charge >= 0.3 is 12.2 Å². The normalized spacial score (nSPS) is 25.2. The van der Waals surface area contributed by atoms with Crippen molar-refractivity contribution >= 4 is 12.2 Å². The van der Waals surface area contributed by atoms with Gasteiger partial charge in [-0.3, -0.25) is 0 Å². The van der Waals surface area contributed by atoms with E-state index in [9.17, 15) is 9.59 Å². The lowest BCUT2D eigenvalue weighted by molar-refractivity contribution is 0.0208. The van der Waals surface area contributed by atoms with E-state index in [-0.39, 0.29) is 29.7 Å². The number of carbonyl (C=O) groups is 2. The number of hydrogen-bond donors (Lipinski definition) is 1. The molecule has 0 aliphatic heterocycles. The largest absolute Gasteiger partial charge is 0.444 e. The van der Waals surface area contributed by atoms with Crippen LogP contribution < -0.4 is 5.32 Å². The molecule has 2 atom stereocenters. The number of benzene rings is 1. The summed E-state index contributed by atoms with van der Waals surface area (Å²) in [5, 5.41) is 7.42. The minimum absolute atomic E-state index is 0.112. The monoisotopic (exact) mass is 566 g/mol. The molecule has 1 aromatic heterocycles. The molecule has 1 heterocycles. The lowest BCUT2D eigenvalue weighted by Crippen LogP contribution is -2.43. The molecule has 9 heteroatoms. The number of aromatic nitrogens is 2. The fraction of sp³-hybridized carbons (Fsp3) is 0.688. The van der Waals surface area contributed by atoms with E-state index < -0.39 is 11.2 Å². The first kappa shape index (κ1) is 29.4. The molecule has 0 radical (unpaired) electrons. The van der Waals surface area contributed by atoms with Gasteiger partial charge in [0.1, 0.15) is 11.2 Å². The second-order valence-corrected chi connectivity index (χ2v) is 14.3. The number of rotatable bonds is 8. The highest BCUT2D eigenvalue weighted by Crippen LogP contribution is 2.52. The van der Waals surface area contributed by atoms with Gasteiger partial charge in [-0.1, -0.05) is 35.5 Å². The number of nitrogens with zero attached hydrogens (tertiary/aromatic N) is 3. The average Bonchev–Trinajstić information content (AvgIpc) is 3.79. The van der Waals surface area contributed by atoms with Crippen LogP contribution in [-0.2, 0) is 21.3 Å². The van der Waals surface area contributed by atoms with Gasteiger partial charge < -0.3 is 24.2 Å². The summed E-state index contributed by atoms with van der Waals surface area (Å²) in [4.78, 5) is 32.3. The summed E-state index contributed by atoms with van der Waals surface area (Å²) < 4.78 is 17.0. The molecular weight excluding hydrogens is 520 g/mol. The van der Waals surface area contributed by atoms with Gasteiger partial charge in [-0.2, -0.15) is 4.98 Å². The Morgan fingerprint density at radius 3 is 2.27 bits per heavy atom. The van der Waals surface area contributed by atoms with Crippen molar-refractivity contribution in [2.45, 2.75) is 128 Å². The van der Waals surface area contributed by atoms with Crippen LogP contribution in [0.1, 0.15) is 110 Å². The van der Waals surface area contributed by atoms with E-state index in [1.54, 1.807) is 0 Å². The molecule has 9 nitrogen and oxygen atoms in total. The van der Waals surface area contributed by atoms with E-state index >= 15 is 0 Å². The zero-order valence-electron chi connectivity index (χ0n) is 25.4. The number of ether oxygens (including phenoxy) is 2. The predicted molar refractivity (Wildman–Crippen MR) is 155 cm³/mol. The Bertz CT molecular complexity index is 1200. The maximum Gasteiger partial charge on any atom is 0.410 e. The highest BCUT2D eigenvalue weighted by Gasteiger charge is 2.55. The van der Waals surface area contributed by atoms with E-state index in [2.05, 4.69) is 34.7 Å². The summed E-state index contributed by atoms with van der Waals surface area (Å²) >= 11 is 0. The van der Waals surface area contributed by atoms with Crippen LogP contribution in [-0.4, -0.2) is 57.1 Å². The molecule has 3 aliphatic carbocycles. The Morgan fingerprint density at radius 2 is 1.66 bits per heavy atom. The summed E-state index contributed by atoms with van der Waals surface area (Å²) in [7, 11) is 0. The third-order valence-corrected chi connectivity index (χ3v) is 8.31. The Hall–Kier alpha value is -3.10. The summed E-state index contributed by atoms with van der Waals surface area (Å²) in [6.45, 7) is 11.9. The second kappa shape index (κ2) is 11.3. The smallest absolute Gasteiger partial charge is 0.410 e. The van der Waals surface area contributed by atoms with Crippen molar-refractivity contribution < 1.29 is 23.6 Å². The maximum absolute atomic E-state index is 13.4. The lowest BCUT2D eigenvalue weighted by Gasteiger charge is -2.30. The first-order chi connectivity index (χ1) is 19.3. The third kappa shape index (κ3) is 7.80. The molecule has 5 rings (SSSR count). The van der Waals surface area contributed by atoms with Crippen LogP contribution in [0.4, 0.5) is 9.59 Å². The molecule has 0 saturated heterocycles. The summed E-state index contributed by atoms with van der Waals surface area (Å²) in [6.07, 6.45) is 6.68. The average molecular weight is 567 g/mol. The van der Waals surface area contributed by atoms with E-state index in [4.69, 9.17) is 19.0 Å². The zero-order chi connectivity index (χ0) is 29.4. The molecule has 2 amide bonds. The van der Waals surface area contributed by atoms with Crippen LogP contribution >= 0.6 is 0 Å². The number of carbonyl (C=O) groups excluding carboxylic acids is 2. The fourth-order valence-corrected chi connectivity index (χ4v) is 5.94. The van der Waals surface area contributed by atoms with Crippen molar-refractivity contribution in [3.63, 3.8) is 0 Å². The van der Waals surface area contributed by atoms with Crippen LogP contribution in [0, 0.1) is 5.92 Å². The van der Waals surface area contributed by atoms with E-state index in [0.717, 1.165) is 51.4 Å². The summed E-state index contributed by atoms with van der Waals surface area (Å²) in [5.74, 6) is 2.12. The minimum atomic E-state index is -0.566. The van der Waals surface area contributed by atoms with Crippen LogP contribution in [0.3, 0.4) is 0 Å². The molecule has 3 fully saturated rings. The van der Waals surface area contributed by atoms with Gasteiger partial charge in [0.25, 0.3) is 0 Å². The maximum atomic E-state index is 13.4. The molecule has 1 aromatic carbocycles. The number of nitrogens with one attached hydrogen (secondary N) is 1. The molecule has 0 bridgehead atoms. The Balaban J connectivity index is 1.18. The van der Waals surface area contributed by atoms with Gasteiger partial charge in [-0.15, -0.1) is 0 Å². The van der Waals surface area contributed by atoms with Gasteiger partial charge in [-0.05, 0) is 98.0 Å². The number of hydrogen-bond acceptors (Lipinski definition) is 7. The molecule has 224 valence electrons. The van der Waals surface area contributed by atoms with Crippen molar-refractivity contribution in [2.75, 3.05) is 6.54 Å². The molecule has 1 unspecified atom stereocenters. The quantitative estimate of drug-likeness (QED) is 0.388. The molecule has 1 N–H and O–H groups in total. The number of amides is 2. The van der Waals surface area contributed by atoms with E-state index in [1.165, 1.54) is 5.56 Å². The van der Waals surface area contributed by atoms with Crippen LogP contribution in [0.2, 0.25) is 0 Å². The fourth-order valence-electron chi connectivity index (χ4n) is 5.94. The van der Waals surface area contributed by atoms with Crippen molar-refractivity contribution in [2.24, 2.45) is 5.92 Å². The van der Waals surface area contributed by atoms with Gasteiger partial charge in [0.05, 0.1) is 5.41 Å². The van der Waals surface area contributed by atoms with Gasteiger partial charge in [0, 0.05) is 31.0 Å². The molecule has 41 heavy (non-hydrogen) atoms. The second-order valence-electron chi connectivity index (χ2n) is 14.3. The Morgan fingerprint density at radius 1 is 1.00 bits per heavy atom. The topological polar surface area (TPSA) is 107 Å². The summed E-state index contributed by atoms with van der Waals surface area (Å²) in [6, 6.07) is 10.6. The van der Waals surface area contributed by atoms with Crippen LogP contribution in [0.5, 0.6) is 0 Å². The van der Waals surface area contributed by atoms with Gasteiger partial charge in [0.2, 0.25) is 5.89 Å². The van der Waals surface area contributed by atoms with Crippen molar-refractivity contribution in [3.05, 3.63) is 47.6 Å². The number of alkyl carbamates (subject to hydrolysis) is 1. The molecule has 2 aromatic rings. The van der Waals surface area contributed by atoms with E-state index in [1.807, 2.05) is 52.5 Å². The lowest BCUT2D eigenvalue weighted by atomic mass is 9.84. The van der Waals surface area contributed by atoms with Crippen LogP contribution in [0.25, 0.3) is 0 Å². The zero-order valence-corrected chi connectivity index (χ0v) is 25.4. The first-order valence-corrected chi connectivity index (χ1v) is 15.2. The predicted octanol–water partition coefficient (Wildman–Crippen LogP) is 6.52. The van der Waals surface area contributed by atoms with Crippen molar-refractivity contribution in [3.8, 4) is 0 Å². The minimum Gasteiger partial charge on any atom is -0.444 e. The van der Waals surface area contributed by atoms with Gasteiger partial charge in [-0.25, -0.2) is 9.59 Å². The van der Waals surface area contributed by atoms with E-state index in [0.29, 0.717) is 30.1 Å². The third-order valence-electron chi connectivity index (χ3n) is 8.31. The molecule has 3 saturated carbocycles. The van der Waals surface area contributed by atoms with Crippen LogP contribution in [0.15, 0.2) is 34.9 Å². The van der Waals surface area contributed by atoms with Gasteiger partial charge in [0.15, 0.2) is 5.82 Å². The molecular formula is C32H46N4O5. The Kier molecular flexibility index (Phi) is 8.09. The molecule has 3 aliphatic rings. The summed E-state index contributed by atoms with van der Waals surface area (Å²) in [5.41, 5.74) is -0.0857. The first-order valence-electron chi connectivity index (χ1n) is 15.2. The SMILES string of the molecule is CC(C)(C)OC(=O)N[C@H]1CC[C@H](Cc2nc(C3(CN(C(=O)OC(C)(C)C)[C@H]4CC4c4ccccc4)CC3)no2)CC1.